The van der Waals surface area contributed by atoms with Crippen LogP contribution in [0.1, 0.15) is 49.4 Å². The van der Waals surface area contributed by atoms with E-state index in [9.17, 15) is 4.79 Å². The van der Waals surface area contributed by atoms with Crippen molar-refractivity contribution in [2.24, 2.45) is 5.84 Å². The minimum Gasteiger partial charge on any atom is -0.494 e. The molecule has 1 amide bonds. The second kappa shape index (κ2) is 8.53. The number of nitrogen functional groups attached to an aromatic ring is 1. The Morgan fingerprint density at radius 1 is 1.17 bits per heavy atom. The monoisotopic (exact) mass is 250 g/mol. The molecule has 0 fully saturated rings. The molecule has 1 aromatic rings. The van der Waals surface area contributed by atoms with Gasteiger partial charge in [0, 0.05) is 5.56 Å². The Kier molecular flexibility index (Phi) is 6.87. The first kappa shape index (κ1) is 14.5. The van der Waals surface area contributed by atoms with E-state index >= 15 is 0 Å². The molecule has 100 valence electrons. The number of unbranched alkanes of at least 4 members (excludes halogenated alkanes) is 4. The Bertz CT molecular complexity index is 349. The molecule has 0 spiro atoms. The van der Waals surface area contributed by atoms with E-state index in [-0.39, 0.29) is 5.91 Å². The van der Waals surface area contributed by atoms with Crippen LogP contribution in [0.5, 0.6) is 5.75 Å². The van der Waals surface area contributed by atoms with Crippen molar-refractivity contribution in [3.8, 4) is 5.75 Å². The fourth-order valence-corrected chi connectivity index (χ4v) is 1.68. The number of nitrogens with one attached hydrogen (secondary N) is 1. The first-order valence-electron chi connectivity index (χ1n) is 6.51. The van der Waals surface area contributed by atoms with E-state index in [0.717, 1.165) is 18.8 Å². The molecule has 0 saturated carbocycles. The summed E-state index contributed by atoms with van der Waals surface area (Å²) in [5, 5.41) is 0. The Morgan fingerprint density at radius 3 is 2.44 bits per heavy atom. The summed E-state index contributed by atoms with van der Waals surface area (Å²) in [6.45, 7) is 2.93. The van der Waals surface area contributed by atoms with Gasteiger partial charge in [-0.2, -0.15) is 0 Å². The highest BCUT2D eigenvalue weighted by molar-refractivity contribution is 5.93. The Hall–Kier alpha value is -1.55. The molecule has 4 heteroatoms. The molecule has 0 heterocycles. The van der Waals surface area contributed by atoms with Crippen molar-refractivity contribution in [1.29, 1.82) is 0 Å². The SMILES string of the molecule is CCCCCCCOc1ccc(C(=O)NN)cc1. The lowest BCUT2D eigenvalue weighted by Crippen LogP contribution is -2.29. The Labute approximate surface area is 108 Å². The quantitative estimate of drug-likeness (QED) is 0.322. The molecule has 0 radical (unpaired) electrons. The summed E-state index contributed by atoms with van der Waals surface area (Å²) in [4.78, 5) is 11.2. The number of hydrazine groups is 1. The molecule has 18 heavy (non-hydrogen) atoms. The molecule has 0 atom stereocenters. The van der Waals surface area contributed by atoms with Gasteiger partial charge in [-0.15, -0.1) is 0 Å². The summed E-state index contributed by atoms with van der Waals surface area (Å²) in [7, 11) is 0. The third-order valence-electron chi connectivity index (χ3n) is 2.76. The van der Waals surface area contributed by atoms with Crippen LogP contribution in [0, 0.1) is 0 Å². The zero-order valence-electron chi connectivity index (χ0n) is 10.9. The van der Waals surface area contributed by atoms with Gasteiger partial charge in [-0.1, -0.05) is 32.6 Å². The molecule has 0 aliphatic rings. The van der Waals surface area contributed by atoms with E-state index < -0.39 is 0 Å². The number of ether oxygens (including phenoxy) is 1. The lowest BCUT2D eigenvalue weighted by Gasteiger charge is -2.06. The van der Waals surface area contributed by atoms with Crippen LogP contribution in [-0.2, 0) is 0 Å². The number of nitrogens with two attached hydrogens (primary N) is 1. The lowest BCUT2D eigenvalue weighted by molar-refractivity contribution is 0.0953. The molecule has 3 N–H and O–H groups in total. The van der Waals surface area contributed by atoms with Gasteiger partial charge < -0.3 is 4.74 Å². The second-order valence-corrected chi connectivity index (χ2v) is 4.26. The predicted octanol–water partition coefficient (Wildman–Crippen LogP) is 2.64. The fraction of sp³-hybridized carbons (Fsp3) is 0.500. The van der Waals surface area contributed by atoms with Gasteiger partial charge in [-0.25, -0.2) is 5.84 Å². The van der Waals surface area contributed by atoms with E-state index in [1.165, 1.54) is 25.7 Å². The molecule has 4 nitrogen and oxygen atoms in total. The maximum Gasteiger partial charge on any atom is 0.265 e. The number of rotatable bonds is 8. The topological polar surface area (TPSA) is 64.3 Å². The lowest BCUT2D eigenvalue weighted by atomic mass is 10.2. The van der Waals surface area contributed by atoms with Crippen molar-refractivity contribution in [3.63, 3.8) is 0 Å². The van der Waals surface area contributed by atoms with E-state index in [4.69, 9.17) is 10.6 Å². The minimum atomic E-state index is -0.291. The minimum absolute atomic E-state index is 0.291. The zero-order valence-corrected chi connectivity index (χ0v) is 10.9. The summed E-state index contributed by atoms with van der Waals surface area (Å²) < 4.78 is 5.59. The molecule has 0 aliphatic heterocycles. The van der Waals surface area contributed by atoms with E-state index in [1.807, 2.05) is 0 Å². The number of carbonyl (C=O) groups is 1. The van der Waals surface area contributed by atoms with Crippen molar-refractivity contribution in [2.75, 3.05) is 6.61 Å². The molecular weight excluding hydrogens is 228 g/mol. The first-order valence-corrected chi connectivity index (χ1v) is 6.51. The largest absolute Gasteiger partial charge is 0.494 e. The summed E-state index contributed by atoms with van der Waals surface area (Å²) in [5.41, 5.74) is 2.63. The van der Waals surface area contributed by atoms with Gasteiger partial charge in [0.25, 0.3) is 5.91 Å². The molecule has 0 aliphatic carbocycles. The number of amides is 1. The highest BCUT2D eigenvalue weighted by atomic mass is 16.5. The van der Waals surface area contributed by atoms with Crippen molar-refractivity contribution in [3.05, 3.63) is 29.8 Å². The van der Waals surface area contributed by atoms with Crippen LogP contribution in [0.3, 0.4) is 0 Å². The van der Waals surface area contributed by atoms with Crippen molar-refractivity contribution < 1.29 is 9.53 Å². The molecule has 1 rings (SSSR count). The number of hydrogen-bond donors (Lipinski definition) is 2. The molecule has 0 saturated heterocycles. The number of carbonyl (C=O) groups excluding carboxylic acids is 1. The van der Waals surface area contributed by atoms with Crippen LogP contribution in [0.2, 0.25) is 0 Å². The first-order chi connectivity index (χ1) is 8.77. The van der Waals surface area contributed by atoms with Crippen molar-refractivity contribution in [1.82, 2.24) is 5.43 Å². The smallest absolute Gasteiger partial charge is 0.265 e. The van der Waals surface area contributed by atoms with E-state index in [0.29, 0.717) is 5.56 Å². The maximum atomic E-state index is 11.2. The third-order valence-corrected chi connectivity index (χ3v) is 2.76. The van der Waals surface area contributed by atoms with Gasteiger partial charge in [-0.3, -0.25) is 10.2 Å². The Morgan fingerprint density at radius 2 is 1.83 bits per heavy atom. The van der Waals surface area contributed by atoms with Gasteiger partial charge in [0.05, 0.1) is 6.61 Å². The normalized spacial score (nSPS) is 10.1. The molecule has 1 aromatic carbocycles. The average Bonchev–Trinajstić information content (AvgIpc) is 2.42. The van der Waals surface area contributed by atoms with Crippen LogP contribution in [0.25, 0.3) is 0 Å². The maximum absolute atomic E-state index is 11.2. The summed E-state index contributed by atoms with van der Waals surface area (Å²) in [6, 6.07) is 6.98. The van der Waals surface area contributed by atoms with Crippen molar-refractivity contribution >= 4 is 5.91 Å². The van der Waals surface area contributed by atoms with Crippen LogP contribution >= 0.6 is 0 Å². The van der Waals surface area contributed by atoms with Gasteiger partial charge in [0.1, 0.15) is 5.75 Å². The molecule has 0 bridgehead atoms. The second-order valence-electron chi connectivity index (χ2n) is 4.26. The standard InChI is InChI=1S/C14H22N2O2/c1-2-3-4-5-6-11-18-13-9-7-12(8-10-13)14(17)16-15/h7-10H,2-6,11,15H2,1H3,(H,16,17). The number of benzene rings is 1. The molecule has 0 aromatic heterocycles. The van der Waals surface area contributed by atoms with Gasteiger partial charge in [0.15, 0.2) is 0 Å². The predicted molar refractivity (Wildman–Crippen MR) is 72.3 cm³/mol. The zero-order chi connectivity index (χ0) is 13.2. The van der Waals surface area contributed by atoms with Crippen LogP contribution in [0.4, 0.5) is 0 Å². The fourth-order valence-electron chi connectivity index (χ4n) is 1.68. The summed E-state index contributed by atoms with van der Waals surface area (Å²) in [6.07, 6.45) is 6.11. The molecule has 0 unspecified atom stereocenters. The average molecular weight is 250 g/mol. The van der Waals surface area contributed by atoms with Crippen LogP contribution < -0.4 is 16.0 Å². The van der Waals surface area contributed by atoms with Gasteiger partial charge >= 0.3 is 0 Å². The van der Waals surface area contributed by atoms with Crippen molar-refractivity contribution in [2.45, 2.75) is 39.0 Å². The van der Waals surface area contributed by atoms with E-state index in [1.54, 1.807) is 24.3 Å². The third kappa shape index (κ3) is 5.19. The highest BCUT2D eigenvalue weighted by Crippen LogP contribution is 2.13. The Balaban J connectivity index is 2.25. The van der Waals surface area contributed by atoms with Gasteiger partial charge in [0.2, 0.25) is 0 Å². The van der Waals surface area contributed by atoms with Gasteiger partial charge in [-0.05, 0) is 30.7 Å². The van der Waals surface area contributed by atoms with Crippen LogP contribution in [-0.4, -0.2) is 12.5 Å². The number of hydrogen-bond acceptors (Lipinski definition) is 3. The summed E-state index contributed by atoms with van der Waals surface area (Å²) >= 11 is 0. The molecular formula is C14H22N2O2. The summed E-state index contributed by atoms with van der Waals surface area (Å²) in [5.74, 6) is 5.55. The van der Waals surface area contributed by atoms with Crippen LogP contribution in [0.15, 0.2) is 24.3 Å². The van der Waals surface area contributed by atoms with E-state index in [2.05, 4.69) is 12.3 Å². The highest BCUT2D eigenvalue weighted by Gasteiger charge is 2.02.